The monoisotopic (exact) mass is 238 g/mol. The minimum absolute atomic E-state index is 0.328. The summed E-state index contributed by atoms with van der Waals surface area (Å²) in [5.74, 6) is 1.74. The van der Waals surface area contributed by atoms with Crippen LogP contribution in [0.4, 0.5) is 0 Å². The van der Waals surface area contributed by atoms with Gasteiger partial charge in [-0.2, -0.15) is 0 Å². The van der Waals surface area contributed by atoms with Crippen LogP contribution in [-0.2, 0) is 0 Å². The summed E-state index contributed by atoms with van der Waals surface area (Å²) in [5, 5.41) is 3.78. The fourth-order valence-corrected chi connectivity index (χ4v) is 3.20. The summed E-state index contributed by atoms with van der Waals surface area (Å²) >= 11 is 0. The number of hydrogen-bond acceptors (Lipinski definition) is 2. The Labute approximate surface area is 107 Å². The summed E-state index contributed by atoms with van der Waals surface area (Å²) in [5.41, 5.74) is 0.328. The van der Waals surface area contributed by atoms with Crippen LogP contribution in [-0.4, -0.2) is 35.6 Å². The molecule has 0 aromatic carbocycles. The molecule has 0 aromatic heterocycles. The van der Waals surface area contributed by atoms with Crippen LogP contribution in [0.25, 0.3) is 0 Å². The molecule has 0 aromatic rings. The van der Waals surface area contributed by atoms with Crippen molar-refractivity contribution < 1.29 is 0 Å². The van der Waals surface area contributed by atoms with Crippen LogP contribution in [0, 0.1) is 11.8 Å². The Balaban J connectivity index is 2.09. The number of rotatable bonds is 4. The lowest BCUT2D eigenvalue weighted by Crippen LogP contribution is -2.65. The molecule has 0 amide bonds. The van der Waals surface area contributed by atoms with Gasteiger partial charge in [0, 0.05) is 30.7 Å². The van der Waals surface area contributed by atoms with Crippen LogP contribution in [0.1, 0.15) is 53.9 Å². The van der Waals surface area contributed by atoms with Crippen molar-refractivity contribution >= 4 is 0 Å². The predicted octanol–water partition coefficient (Wildman–Crippen LogP) is 2.88. The second kappa shape index (κ2) is 4.89. The van der Waals surface area contributed by atoms with Crippen molar-refractivity contribution in [2.75, 3.05) is 13.1 Å². The van der Waals surface area contributed by atoms with E-state index in [4.69, 9.17) is 0 Å². The minimum Gasteiger partial charge on any atom is -0.309 e. The summed E-state index contributed by atoms with van der Waals surface area (Å²) in [6, 6.07) is 1.51. The molecule has 0 bridgehead atoms. The highest BCUT2D eigenvalue weighted by atomic mass is 15.3. The van der Waals surface area contributed by atoms with Crippen molar-refractivity contribution in [1.29, 1.82) is 0 Å². The first kappa shape index (κ1) is 13.4. The van der Waals surface area contributed by atoms with Crippen LogP contribution in [0.15, 0.2) is 0 Å². The third-order valence-corrected chi connectivity index (χ3v) is 5.07. The highest BCUT2D eigenvalue weighted by molar-refractivity contribution is 4.99. The molecule has 1 heterocycles. The largest absolute Gasteiger partial charge is 0.309 e. The number of nitrogens with zero attached hydrogens (tertiary/aromatic N) is 1. The van der Waals surface area contributed by atoms with E-state index < -0.39 is 0 Å². The van der Waals surface area contributed by atoms with Gasteiger partial charge in [-0.3, -0.25) is 4.90 Å². The van der Waals surface area contributed by atoms with Gasteiger partial charge < -0.3 is 5.32 Å². The van der Waals surface area contributed by atoms with E-state index >= 15 is 0 Å². The number of hydrogen-bond donors (Lipinski definition) is 1. The van der Waals surface area contributed by atoms with Crippen molar-refractivity contribution in [2.45, 2.75) is 71.5 Å². The van der Waals surface area contributed by atoms with Crippen molar-refractivity contribution in [1.82, 2.24) is 10.2 Å². The maximum atomic E-state index is 3.78. The highest BCUT2D eigenvalue weighted by Crippen LogP contribution is 2.38. The van der Waals surface area contributed by atoms with Gasteiger partial charge in [-0.1, -0.05) is 20.8 Å². The molecule has 1 aliphatic carbocycles. The molecule has 3 unspecified atom stereocenters. The highest BCUT2D eigenvalue weighted by Gasteiger charge is 2.42. The summed E-state index contributed by atoms with van der Waals surface area (Å²) in [6.07, 6.45) is 4.14. The summed E-state index contributed by atoms with van der Waals surface area (Å²) in [4.78, 5) is 2.81. The molecule has 17 heavy (non-hydrogen) atoms. The molecule has 3 atom stereocenters. The molecule has 0 spiro atoms. The maximum Gasteiger partial charge on any atom is 0.0278 e. The molecule has 100 valence electrons. The second-order valence-electron chi connectivity index (χ2n) is 6.86. The fraction of sp³-hybridized carbons (Fsp3) is 1.00. The van der Waals surface area contributed by atoms with E-state index in [-0.39, 0.29) is 0 Å². The molecule has 2 heteroatoms. The Kier molecular flexibility index (Phi) is 3.84. The molecule has 2 nitrogen and oxygen atoms in total. The Morgan fingerprint density at radius 3 is 2.41 bits per heavy atom. The summed E-state index contributed by atoms with van der Waals surface area (Å²) < 4.78 is 0. The van der Waals surface area contributed by atoms with Gasteiger partial charge >= 0.3 is 0 Å². The van der Waals surface area contributed by atoms with Gasteiger partial charge in [0.25, 0.3) is 0 Å². The third kappa shape index (κ3) is 2.85. The van der Waals surface area contributed by atoms with E-state index in [0.717, 1.165) is 23.9 Å². The molecule has 1 aliphatic heterocycles. The zero-order chi connectivity index (χ0) is 12.6. The quantitative estimate of drug-likeness (QED) is 0.810. The SMILES string of the molecule is CCC1(C)CN(C(C)C2CC2)C(C(C)C)CN1. The van der Waals surface area contributed by atoms with E-state index in [2.05, 4.69) is 44.8 Å². The smallest absolute Gasteiger partial charge is 0.0278 e. The first-order valence-electron chi connectivity index (χ1n) is 7.47. The van der Waals surface area contributed by atoms with E-state index in [1.54, 1.807) is 0 Å². The van der Waals surface area contributed by atoms with Crippen LogP contribution in [0.5, 0.6) is 0 Å². The van der Waals surface area contributed by atoms with Gasteiger partial charge in [0.2, 0.25) is 0 Å². The van der Waals surface area contributed by atoms with Crippen LogP contribution < -0.4 is 5.32 Å². The zero-order valence-corrected chi connectivity index (χ0v) is 12.3. The minimum atomic E-state index is 0.328. The Hall–Kier alpha value is -0.0800. The van der Waals surface area contributed by atoms with Crippen molar-refractivity contribution in [2.24, 2.45) is 11.8 Å². The van der Waals surface area contributed by atoms with E-state index in [9.17, 15) is 0 Å². The van der Waals surface area contributed by atoms with Crippen molar-refractivity contribution in [3.63, 3.8) is 0 Å². The molecule has 1 saturated carbocycles. The third-order valence-electron chi connectivity index (χ3n) is 5.07. The maximum absolute atomic E-state index is 3.78. The predicted molar refractivity (Wildman–Crippen MR) is 74.2 cm³/mol. The molecule has 2 aliphatic rings. The average Bonchev–Trinajstić information content (AvgIpc) is 3.11. The molecular formula is C15H30N2. The molecule has 2 fully saturated rings. The molecule has 1 saturated heterocycles. The normalized spacial score (nSPS) is 37.4. The van der Waals surface area contributed by atoms with Crippen LogP contribution in [0.2, 0.25) is 0 Å². The van der Waals surface area contributed by atoms with Gasteiger partial charge in [0.05, 0.1) is 0 Å². The van der Waals surface area contributed by atoms with Crippen molar-refractivity contribution in [3.05, 3.63) is 0 Å². The average molecular weight is 238 g/mol. The van der Waals surface area contributed by atoms with Crippen molar-refractivity contribution in [3.8, 4) is 0 Å². The van der Waals surface area contributed by atoms with Crippen LogP contribution >= 0.6 is 0 Å². The van der Waals surface area contributed by atoms with Gasteiger partial charge in [-0.15, -0.1) is 0 Å². The molecular weight excluding hydrogens is 208 g/mol. The van der Waals surface area contributed by atoms with Gasteiger partial charge in [0.1, 0.15) is 0 Å². The Morgan fingerprint density at radius 2 is 1.94 bits per heavy atom. The molecule has 0 radical (unpaired) electrons. The summed E-state index contributed by atoms with van der Waals surface area (Å²) in [7, 11) is 0. The first-order chi connectivity index (χ1) is 7.97. The lowest BCUT2D eigenvalue weighted by Gasteiger charge is -2.50. The van der Waals surface area contributed by atoms with Gasteiger partial charge in [-0.25, -0.2) is 0 Å². The topological polar surface area (TPSA) is 15.3 Å². The van der Waals surface area contributed by atoms with E-state index in [1.807, 2.05) is 0 Å². The van der Waals surface area contributed by atoms with Gasteiger partial charge in [-0.05, 0) is 44.9 Å². The Morgan fingerprint density at radius 1 is 1.29 bits per heavy atom. The number of nitrogens with one attached hydrogen (secondary N) is 1. The number of piperazine rings is 1. The van der Waals surface area contributed by atoms with Gasteiger partial charge in [0.15, 0.2) is 0 Å². The first-order valence-corrected chi connectivity index (χ1v) is 7.47. The summed E-state index contributed by atoms with van der Waals surface area (Å²) in [6.45, 7) is 14.3. The second-order valence-corrected chi connectivity index (χ2v) is 6.86. The lowest BCUT2D eigenvalue weighted by atomic mass is 9.88. The van der Waals surface area contributed by atoms with E-state index in [1.165, 1.54) is 32.4 Å². The molecule has 1 N–H and O–H groups in total. The van der Waals surface area contributed by atoms with E-state index in [0.29, 0.717) is 5.54 Å². The zero-order valence-electron chi connectivity index (χ0n) is 12.3. The lowest BCUT2D eigenvalue weighted by molar-refractivity contribution is 0.0231. The molecule has 2 rings (SSSR count). The van der Waals surface area contributed by atoms with Crippen LogP contribution in [0.3, 0.4) is 0 Å². The fourth-order valence-electron chi connectivity index (χ4n) is 3.20. The Bertz CT molecular complexity index is 260. The standard InChI is InChI=1S/C15H30N2/c1-6-15(5)10-17(12(4)13-7-8-13)14(9-16-15)11(2)3/h11-14,16H,6-10H2,1-5H3.